The van der Waals surface area contributed by atoms with Crippen LogP contribution in [-0.4, -0.2) is 66.9 Å². The lowest BCUT2D eigenvalue weighted by Crippen LogP contribution is -2.51. The number of piperidine rings is 1. The number of nitrogens with zero attached hydrogens (tertiary/aromatic N) is 2. The predicted molar refractivity (Wildman–Crippen MR) is 104 cm³/mol. The predicted octanol–water partition coefficient (Wildman–Crippen LogP) is 3.29. The minimum Gasteiger partial charge on any atom is -0.379 e. The lowest BCUT2D eigenvalue weighted by atomic mass is 10.0. The van der Waals surface area contributed by atoms with E-state index in [1.54, 1.807) is 11.8 Å². The molecule has 0 radical (unpaired) electrons. The van der Waals surface area contributed by atoms with Crippen molar-refractivity contribution in [2.45, 2.75) is 31.1 Å². The van der Waals surface area contributed by atoms with Gasteiger partial charge in [-0.05, 0) is 30.9 Å². The number of amides is 1. The number of hydrogen-bond donors (Lipinski definition) is 0. The Bertz CT molecular complexity index is 566. The summed E-state index contributed by atoms with van der Waals surface area (Å²) < 4.78 is 5.43. The zero-order valence-corrected chi connectivity index (χ0v) is 16.2. The zero-order valence-electron chi connectivity index (χ0n) is 14.7. The smallest absolute Gasteiger partial charge is 0.232 e. The lowest BCUT2D eigenvalue weighted by molar-refractivity contribution is -0.132. The van der Waals surface area contributed by atoms with Crippen molar-refractivity contribution < 1.29 is 9.53 Å². The van der Waals surface area contributed by atoms with E-state index in [0.717, 1.165) is 68.6 Å². The number of morpholine rings is 1. The maximum Gasteiger partial charge on any atom is 0.232 e. The maximum absolute atomic E-state index is 12.8. The molecule has 0 aromatic heterocycles. The van der Waals surface area contributed by atoms with Gasteiger partial charge in [0.1, 0.15) is 0 Å². The van der Waals surface area contributed by atoms with Gasteiger partial charge >= 0.3 is 0 Å². The summed E-state index contributed by atoms with van der Waals surface area (Å²) in [5, 5.41) is 0.783. The number of thioether (sulfide) groups is 1. The molecule has 2 aliphatic heterocycles. The highest BCUT2D eigenvalue weighted by molar-refractivity contribution is 7.99. The van der Waals surface area contributed by atoms with Gasteiger partial charge < -0.3 is 9.64 Å². The first kappa shape index (κ1) is 19.0. The quantitative estimate of drug-likeness (QED) is 0.755. The Morgan fingerprint density at radius 3 is 2.80 bits per heavy atom. The van der Waals surface area contributed by atoms with Gasteiger partial charge in [0.15, 0.2) is 0 Å². The van der Waals surface area contributed by atoms with Gasteiger partial charge in [0.25, 0.3) is 0 Å². The fourth-order valence-electron chi connectivity index (χ4n) is 3.55. The molecule has 2 heterocycles. The van der Waals surface area contributed by atoms with Crippen molar-refractivity contribution in [1.29, 1.82) is 0 Å². The van der Waals surface area contributed by atoms with Crippen LogP contribution < -0.4 is 0 Å². The number of carbonyl (C=O) groups excluding carboxylic acids is 1. The SMILES string of the molecule is O=C(CSCc1ccccc1Cl)N1CCCCC1CN1CCOCC1. The number of carbonyl (C=O) groups is 1. The largest absolute Gasteiger partial charge is 0.379 e. The maximum atomic E-state index is 12.8. The van der Waals surface area contributed by atoms with Crippen molar-refractivity contribution in [3.63, 3.8) is 0 Å². The highest BCUT2D eigenvalue weighted by atomic mass is 35.5. The molecule has 6 heteroatoms. The Labute approximate surface area is 159 Å². The Hall–Kier alpha value is -0.750. The van der Waals surface area contributed by atoms with Crippen LogP contribution in [0.5, 0.6) is 0 Å². The second-order valence-electron chi connectivity index (χ2n) is 6.73. The van der Waals surface area contributed by atoms with Crippen LogP contribution in [0.4, 0.5) is 0 Å². The number of benzene rings is 1. The summed E-state index contributed by atoms with van der Waals surface area (Å²) in [5.74, 6) is 1.59. The van der Waals surface area contributed by atoms with E-state index < -0.39 is 0 Å². The molecule has 4 nitrogen and oxygen atoms in total. The van der Waals surface area contributed by atoms with E-state index in [9.17, 15) is 4.79 Å². The van der Waals surface area contributed by atoms with Crippen LogP contribution in [0.2, 0.25) is 5.02 Å². The van der Waals surface area contributed by atoms with E-state index in [0.29, 0.717) is 11.8 Å². The first-order chi connectivity index (χ1) is 12.2. The average Bonchev–Trinajstić information content (AvgIpc) is 2.64. The summed E-state index contributed by atoms with van der Waals surface area (Å²) in [6.45, 7) is 5.49. The highest BCUT2D eigenvalue weighted by Crippen LogP contribution is 2.23. The molecule has 138 valence electrons. The molecule has 0 bridgehead atoms. The summed E-state index contributed by atoms with van der Waals surface area (Å²) in [5.41, 5.74) is 1.10. The van der Waals surface area contributed by atoms with Crippen LogP contribution in [0.25, 0.3) is 0 Å². The third-order valence-corrected chi connectivity index (χ3v) is 6.30. The van der Waals surface area contributed by atoms with Gasteiger partial charge in [0.2, 0.25) is 5.91 Å². The first-order valence-electron chi connectivity index (χ1n) is 9.15. The van der Waals surface area contributed by atoms with Crippen LogP contribution in [0, 0.1) is 0 Å². The van der Waals surface area contributed by atoms with Crippen molar-refractivity contribution in [2.24, 2.45) is 0 Å². The van der Waals surface area contributed by atoms with Gasteiger partial charge in [-0.15, -0.1) is 11.8 Å². The van der Waals surface area contributed by atoms with Gasteiger partial charge in [-0.1, -0.05) is 29.8 Å². The average molecular weight is 383 g/mol. The third-order valence-electron chi connectivity index (χ3n) is 4.96. The Balaban J connectivity index is 1.49. The molecule has 0 spiro atoms. The van der Waals surface area contributed by atoms with Crippen molar-refractivity contribution in [1.82, 2.24) is 9.80 Å². The molecule has 2 saturated heterocycles. The molecular weight excluding hydrogens is 356 g/mol. The number of likely N-dealkylation sites (tertiary alicyclic amines) is 1. The van der Waals surface area contributed by atoms with E-state index in [4.69, 9.17) is 16.3 Å². The minimum atomic E-state index is 0.273. The van der Waals surface area contributed by atoms with Crippen molar-refractivity contribution >= 4 is 29.3 Å². The van der Waals surface area contributed by atoms with E-state index >= 15 is 0 Å². The molecule has 2 fully saturated rings. The molecule has 1 atom stereocenters. The first-order valence-corrected chi connectivity index (χ1v) is 10.7. The highest BCUT2D eigenvalue weighted by Gasteiger charge is 2.28. The third kappa shape index (κ3) is 5.61. The standard InChI is InChI=1S/C19H27ClN2O2S/c20-18-7-2-1-5-16(18)14-25-15-19(23)22-8-4-3-6-17(22)13-21-9-11-24-12-10-21/h1-2,5,7,17H,3-4,6,8-15H2. The molecule has 3 rings (SSSR count). The number of ether oxygens (including phenoxy) is 1. The van der Waals surface area contributed by atoms with Gasteiger partial charge in [0, 0.05) is 43.0 Å². The van der Waals surface area contributed by atoms with Crippen molar-refractivity contribution in [2.75, 3.05) is 45.1 Å². The summed E-state index contributed by atoms with van der Waals surface area (Å²) >= 11 is 7.86. The minimum absolute atomic E-state index is 0.273. The second kappa shape index (κ2) is 9.81. The van der Waals surface area contributed by atoms with Crippen molar-refractivity contribution in [3.8, 4) is 0 Å². The van der Waals surface area contributed by atoms with Crippen LogP contribution in [0.3, 0.4) is 0 Å². The van der Waals surface area contributed by atoms with Crippen LogP contribution in [-0.2, 0) is 15.3 Å². The lowest BCUT2D eigenvalue weighted by Gasteiger charge is -2.39. The molecule has 0 N–H and O–H groups in total. The van der Waals surface area contributed by atoms with Gasteiger partial charge in [0.05, 0.1) is 19.0 Å². The van der Waals surface area contributed by atoms with E-state index in [-0.39, 0.29) is 5.91 Å². The van der Waals surface area contributed by atoms with E-state index in [2.05, 4.69) is 9.80 Å². The second-order valence-corrected chi connectivity index (χ2v) is 8.13. The number of hydrogen-bond acceptors (Lipinski definition) is 4. The fourth-order valence-corrected chi connectivity index (χ4v) is 4.74. The Morgan fingerprint density at radius 2 is 2.00 bits per heavy atom. The fraction of sp³-hybridized carbons (Fsp3) is 0.632. The number of rotatable bonds is 6. The molecule has 1 unspecified atom stereocenters. The molecule has 0 saturated carbocycles. The summed E-state index contributed by atoms with van der Waals surface area (Å²) in [7, 11) is 0. The topological polar surface area (TPSA) is 32.8 Å². The number of halogens is 1. The molecule has 2 aliphatic rings. The summed E-state index contributed by atoms with van der Waals surface area (Å²) in [6, 6.07) is 8.22. The zero-order chi connectivity index (χ0) is 17.5. The Morgan fingerprint density at radius 1 is 1.20 bits per heavy atom. The van der Waals surface area contributed by atoms with Crippen molar-refractivity contribution in [3.05, 3.63) is 34.9 Å². The van der Waals surface area contributed by atoms with Crippen LogP contribution in [0.1, 0.15) is 24.8 Å². The summed E-state index contributed by atoms with van der Waals surface area (Å²) in [4.78, 5) is 17.3. The van der Waals surface area contributed by atoms with Gasteiger partial charge in [-0.25, -0.2) is 0 Å². The van der Waals surface area contributed by atoms with E-state index in [1.165, 1.54) is 6.42 Å². The molecule has 1 aromatic carbocycles. The summed E-state index contributed by atoms with van der Waals surface area (Å²) in [6.07, 6.45) is 3.48. The van der Waals surface area contributed by atoms with Gasteiger partial charge in [-0.2, -0.15) is 0 Å². The van der Waals surface area contributed by atoms with Crippen LogP contribution in [0.15, 0.2) is 24.3 Å². The normalized spacial score (nSPS) is 22.1. The van der Waals surface area contributed by atoms with Gasteiger partial charge in [-0.3, -0.25) is 9.69 Å². The van der Waals surface area contributed by atoms with Crippen LogP contribution >= 0.6 is 23.4 Å². The molecule has 0 aliphatic carbocycles. The van der Waals surface area contributed by atoms with E-state index in [1.807, 2.05) is 24.3 Å². The molecule has 1 amide bonds. The molecular formula is C19H27ClN2O2S. The Kier molecular flexibility index (Phi) is 7.47. The molecule has 1 aromatic rings. The molecule has 25 heavy (non-hydrogen) atoms. The monoisotopic (exact) mass is 382 g/mol.